The Hall–Kier alpha value is -0.830. The molecule has 2 rings (SSSR count). The Balaban J connectivity index is 2.53. The summed E-state index contributed by atoms with van der Waals surface area (Å²) in [6.07, 6.45) is 0. The van der Waals surface area contributed by atoms with Gasteiger partial charge in [-0.15, -0.1) is 11.3 Å². The van der Waals surface area contributed by atoms with Crippen LogP contribution in [0.5, 0.6) is 0 Å². The molecule has 96 valence electrons. The second kappa shape index (κ2) is 5.04. The van der Waals surface area contributed by atoms with E-state index < -0.39 is 0 Å². The highest BCUT2D eigenvalue weighted by Crippen LogP contribution is 2.36. The Labute approximate surface area is 118 Å². The van der Waals surface area contributed by atoms with Crippen molar-refractivity contribution in [3.63, 3.8) is 0 Å². The molecule has 1 aromatic heterocycles. The van der Waals surface area contributed by atoms with E-state index in [-0.39, 0.29) is 6.04 Å². The quantitative estimate of drug-likeness (QED) is 0.848. The van der Waals surface area contributed by atoms with Gasteiger partial charge in [-0.05, 0) is 55.3 Å². The van der Waals surface area contributed by atoms with Crippen LogP contribution in [0.4, 0.5) is 0 Å². The van der Waals surface area contributed by atoms with Gasteiger partial charge in [-0.2, -0.15) is 0 Å². The van der Waals surface area contributed by atoms with Crippen LogP contribution in [-0.4, -0.2) is 0 Å². The number of hydrogen-bond acceptors (Lipinski definition) is 2. The van der Waals surface area contributed by atoms with E-state index in [1.54, 1.807) is 11.3 Å². The van der Waals surface area contributed by atoms with Gasteiger partial charge >= 0.3 is 0 Å². The van der Waals surface area contributed by atoms with Gasteiger partial charge in [0.1, 0.15) is 0 Å². The zero-order valence-electron chi connectivity index (χ0n) is 11.2. The molecule has 0 amide bonds. The van der Waals surface area contributed by atoms with Crippen LogP contribution >= 0.6 is 22.9 Å². The molecule has 1 unspecified atom stereocenters. The van der Waals surface area contributed by atoms with Gasteiger partial charge in [0.2, 0.25) is 0 Å². The Morgan fingerprint density at radius 2 is 1.61 bits per heavy atom. The summed E-state index contributed by atoms with van der Waals surface area (Å²) in [4.78, 5) is 1.06. The lowest BCUT2D eigenvalue weighted by Gasteiger charge is -2.18. The number of hydrogen-bond donors (Lipinski definition) is 1. The summed E-state index contributed by atoms with van der Waals surface area (Å²) in [7, 11) is 0. The predicted molar refractivity (Wildman–Crippen MR) is 80.7 cm³/mol. The fraction of sp³-hybridized carbons (Fsp3) is 0.333. The van der Waals surface area contributed by atoms with Crippen molar-refractivity contribution in [2.45, 2.75) is 33.7 Å². The predicted octanol–water partition coefficient (Wildman–Crippen LogP) is 4.68. The van der Waals surface area contributed by atoms with E-state index in [4.69, 9.17) is 17.3 Å². The van der Waals surface area contributed by atoms with Crippen molar-refractivity contribution in [1.29, 1.82) is 0 Å². The van der Waals surface area contributed by atoms with Crippen molar-refractivity contribution in [2.24, 2.45) is 5.73 Å². The standard InChI is InChI=1S/C15H18ClNS/c1-8-5-9(2)12(10(3)6-8)14(17)15-13(16)11(4)7-18-15/h5-7,14H,17H2,1-4H3. The van der Waals surface area contributed by atoms with Gasteiger partial charge in [0.05, 0.1) is 11.1 Å². The van der Waals surface area contributed by atoms with E-state index in [1.165, 1.54) is 22.3 Å². The maximum Gasteiger partial charge on any atom is 0.0666 e. The molecule has 0 radical (unpaired) electrons. The van der Waals surface area contributed by atoms with Gasteiger partial charge in [-0.1, -0.05) is 29.3 Å². The summed E-state index contributed by atoms with van der Waals surface area (Å²) >= 11 is 7.96. The van der Waals surface area contributed by atoms with Crippen molar-refractivity contribution in [3.05, 3.63) is 55.2 Å². The zero-order chi connectivity index (χ0) is 13.4. The van der Waals surface area contributed by atoms with Crippen LogP contribution in [0.3, 0.4) is 0 Å². The van der Waals surface area contributed by atoms with E-state index in [9.17, 15) is 0 Å². The number of halogens is 1. The number of benzene rings is 1. The molecule has 1 atom stereocenters. The fourth-order valence-electron chi connectivity index (χ4n) is 2.47. The zero-order valence-corrected chi connectivity index (χ0v) is 12.7. The topological polar surface area (TPSA) is 26.0 Å². The van der Waals surface area contributed by atoms with Crippen molar-refractivity contribution in [1.82, 2.24) is 0 Å². The van der Waals surface area contributed by atoms with Gasteiger partial charge in [-0.3, -0.25) is 0 Å². The molecule has 0 aliphatic carbocycles. The largest absolute Gasteiger partial charge is 0.320 e. The molecular formula is C15H18ClNS. The maximum atomic E-state index is 6.41. The summed E-state index contributed by atoms with van der Waals surface area (Å²) in [5.41, 5.74) is 12.5. The first-order chi connectivity index (χ1) is 8.41. The molecule has 2 N–H and O–H groups in total. The van der Waals surface area contributed by atoms with Crippen LogP contribution in [-0.2, 0) is 0 Å². The third kappa shape index (κ3) is 2.33. The van der Waals surface area contributed by atoms with Gasteiger partial charge in [0.25, 0.3) is 0 Å². The van der Waals surface area contributed by atoms with E-state index in [0.29, 0.717) is 0 Å². The Kier molecular flexibility index (Phi) is 3.81. The molecule has 0 spiro atoms. The molecule has 0 aliphatic rings. The summed E-state index contributed by atoms with van der Waals surface area (Å²) in [5, 5.41) is 2.88. The highest BCUT2D eigenvalue weighted by Gasteiger charge is 2.19. The molecule has 1 aromatic carbocycles. The molecule has 0 aliphatic heterocycles. The summed E-state index contributed by atoms with van der Waals surface area (Å²) in [6.45, 7) is 8.36. The lowest BCUT2D eigenvalue weighted by atomic mass is 9.93. The van der Waals surface area contributed by atoms with E-state index >= 15 is 0 Å². The van der Waals surface area contributed by atoms with E-state index in [2.05, 4.69) is 38.3 Å². The Bertz CT molecular complexity index is 563. The highest BCUT2D eigenvalue weighted by molar-refractivity contribution is 7.10. The minimum atomic E-state index is -0.128. The van der Waals surface area contributed by atoms with Crippen LogP contribution in [0.15, 0.2) is 17.5 Å². The lowest BCUT2D eigenvalue weighted by molar-refractivity contribution is 0.869. The molecule has 18 heavy (non-hydrogen) atoms. The second-order valence-electron chi connectivity index (χ2n) is 4.89. The summed E-state index contributed by atoms with van der Waals surface area (Å²) in [5.74, 6) is 0. The summed E-state index contributed by atoms with van der Waals surface area (Å²) in [6, 6.07) is 4.23. The minimum Gasteiger partial charge on any atom is -0.320 e. The molecule has 1 nitrogen and oxygen atoms in total. The maximum absolute atomic E-state index is 6.41. The van der Waals surface area contributed by atoms with Gasteiger partial charge in [0, 0.05) is 4.88 Å². The van der Waals surface area contributed by atoms with E-state index in [1.807, 2.05) is 6.92 Å². The normalized spacial score (nSPS) is 12.8. The first-order valence-electron chi connectivity index (χ1n) is 5.98. The second-order valence-corrected chi connectivity index (χ2v) is 6.18. The molecule has 1 heterocycles. The van der Waals surface area contributed by atoms with Crippen LogP contribution < -0.4 is 5.73 Å². The molecule has 2 aromatic rings. The third-order valence-electron chi connectivity index (χ3n) is 3.26. The number of nitrogens with two attached hydrogens (primary N) is 1. The molecule has 3 heteroatoms. The first kappa shape index (κ1) is 13.6. The van der Waals surface area contributed by atoms with Gasteiger partial charge < -0.3 is 5.73 Å². The highest BCUT2D eigenvalue weighted by atomic mass is 35.5. The van der Waals surface area contributed by atoms with Crippen LogP contribution in [0.1, 0.15) is 38.7 Å². The van der Waals surface area contributed by atoms with Gasteiger partial charge in [-0.25, -0.2) is 0 Å². The smallest absolute Gasteiger partial charge is 0.0666 e. The lowest BCUT2D eigenvalue weighted by Crippen LogP contribution is -2.14. The van der Waals surface area contributed by atoms with E-state index in [0.717, 1.165) is 15.5 Å². The fourth-order valence-corrected chi connectivity index (χ4v) is 3.79. The van der Waals surface area contributed by atoms with Crippen molar-refractivity contribution in [3.8, 4) is 0 Å². The summed E-state index contributed by atoms with van der Waals surface area (Å²) < 4.78 is 0. The van der Waals surface area contributed by atoms with Crippen molar-refractivity contribution >= 4 is 22.9 Å². The van der Waals surface area contributed by atoms with Gasteiger partial charge in [0.15, 0.2) is 0 Å². The van der Waals surface area contributed by atoms with Crippen LogP contribution in [0.25, 0.3) is 0 Å². The molecule has 0 saturated carbocycles. The number of aryl methyl sites for hydroxylation is 4. The Morgan fingerprint density at radius 3 is 2.06 bits per heavy atom. The SMILES string of the molecule is Cc1cc(C)c(C(N)c2scc(C)c2Cl)c(C)c1. The molecular weight excluding hydrogens is 262 g/mol. The van der Waals surface area contributed by atoms with Crippen molar-refractivity contribution < 1.29 is 0 Å². The van der Waals surface area contributed by atoms with Crippen LogP contribution in [0, 0.1) is 27.7 Å². The minimum absolute atomic E-state index is 0.128. The molecule has 0 saturated heterocycles. The number of thiophene rings is 1. The molecule has 0 bridgehead atoms. The third-order valence-corrected chi connectivity index (χ3v) is 5.05. The first-order valence-corrected chi connectivity index (χ1v) is 7.24. The average molecular weight is 280 g/mol. The monoisotopic (exact) mass is 279 g/mol. The Morgan fingerprint density at radius 1 is 1.06 bits per heavy atom. The average Bonchev–Trinajstić information content (AvgIpc) is 2.58. The number of rotatable bonds is 2. The molecule has 0 fully saturated rings. The van der Waals surface area contributed by atoms with Crippen LogP contribution in [0.2, 0.25) is 5.02 Å². The van der Waals surface area contributed by atoms with Crippen molar-refractivity contribution in [2.75, 3.05) is 0 Å².